The third-order valence-corrected chi connectivity index (χ3v) is 5.62. The van der Waals surface area contributed by atoms with Crippen LogP contribution < -0.4 is 26.7 Å². The standard InChI is InChI=1S/C21H14Cl2N8O2/c22-13-2-1-3-14(23)17(13)31-18(24)12-9-25-20(27-19(12)28-21(31)33)26-11-6-4-10(5-7-11)15-8-16(32)30-29-15/h1-7,9H,8H2,(H4,24,25,26,27,28,29,30,32,33)/p+1. The smallest absolute Gasteiger partial charge is 0.324 e. The zero-order valence-corrected chi connectivity index (χ0v) is 18.3. The Bertz CT molecular complexity index is 1500. The van der Waals surface area contributed by atoms with Crippen molar-refractivity contribution in [2.45, 2.75) is 6.42 Å². The lowest BCUT2D eigenvalue weighted by Gasteiger charge is -2.09. The largest absolute Gasteiger partial charge is 0.447 e. The molecule has 2 aromatic heterocycles. The number of H-pyrrole nitrogens is 1. The number of aromatic nitrogens is 4. The van der Waals surface area contributed by atoms with E-state index in [0.717, 1.165) is 5.56 Å². The van der Waals surface area contributed by atoms with E-state index in [9.17, 15) is 9.59 Å². The number of anilines is 3. The van der Waals surface area contributed by atoms with E-state index in [2.05, 4.69) is 30.8 Å². The molecule has 2 aromatic carbocycles. The fourth-order valence-electron chi connectivity index (χ4n) is 3.44. The number of benzene rings is 2. The number of nitrogens with two attached hydrogens (primary N) is 1. The summed E-state index contributed by atoms with van der Waals surface area (Å²) in [5.41, 5.74) is 10.9. The van der Waals surface area contributed by atoms with Crippen molar-refractivity contribution in [3.8, 4) is 5.69 Å². The average molecular weight is 482 g/mol. The second kappa shape index (κ2) is 8.15. The third kappa shape index (κ3) is 3.86. The molecular formula is C21H15Cl2N8O2+. The maximum absolute atomic E-state index is 12.8. The summed E-state index contributed by atoms with van der Waals surface area (Å²) in [6.07, 6.45) is 1.74. The Kier molecular flexibility index (Phi) is 5.15. The molecule has 4 aromatic rings. The van der Waals surface area contributed by atoms with E-state index in [0.29, 0.717) is 16.8 Å². The van der Waals surface area contributed by atoms with Crippen LogP contribution in [0.5, 0.6) is 0 Å². The summed E-state index contributed by atoms with van der Waals surface area (Å²) in [5.74, 6) is 0.220. The van der Waals surface area contributed by atoms with Crippen molar-refractivity contribution in [3.05, 3.63) is 74.8 Å². The molecule has 3 heterocycles. The minimum absolute atomic E-state index is 0.0974. The van der Waals surface area contributed by atoms with E-state index < -0.39 is 5.69 Å². The van der Waals surface area contributed by atoms with E-state index in [-0.39, 0.29) is 45.5 Å². The Morgan fingerprint density at radius 2 is 1.79 bits per heavy atom. The van der Waals surface area contributed by atoms with E-state index in [1.165, 1.54) is 10.8 Å². The summed E-state index contributed by atoms with van der Waals surface area (Å²) in [7, 11) is 0. The lowest BCUT2D eigenvalue weighted by atomic mass is 10.1. The lowest BCUT2D eigenvalue weighted by Crippen LogP contribution is -2.51. The SMILES string of the molecule is Nc1c2cnc(Nc3ccc(C4=NNC(=O)C4)cc3)nc2[nH]c(=O)[n+]1-c1c(Cl)cccc1Cl. The summed E-state index contributed by atoms with van der Waals surface area (Å²) in [5, 5.41) is 8.03. The quantitative estimate of drug-likeness (QED) is 0.329. The number of rotatable bonds is 4. The Morgan fingerprint density at radius 3 is 2.45 bits per heavy atom. The van der Waals surface area contributed by atoms with Gasteiger partial charge in [-0.15, -0.1) is 0 Å². The molecular weight excluding hydrogens is 467 g/mol. The van der Waals surface area contributed by atoms with Crippen molar-refractivity contribution in [2.24, 2.45) is 5.10 Å². The maximum Gasteiger partial charge on any atom is 0.447 e. The number of hydrogen-bond acceptors (Lipinski definition) is 7. The first-order chi connectivity index (χ1) is 15.9. The highest BCUT2D eigenvalue weighted by molar-refractivity contribution is 6.37. The zero-order valence-electron chi connectivity index (χ0n) is 16.8. The number of nitrogens with zero attached hydrogens (tertiary/aromatic N) is 4. The predicted octanol–water partition coefficient (Wildman–Crippen LogP) is 2.45. The van der Waals surface area contributed by atoms with Gasteiger partial charge in [-0.2, -0.15) is 14.7 Å². The summed E-state index contributed by atoms with van der Waals surface area (Å²) in [6, 6.07) is 12.2. The van der Waals surface area contributed by atoms with Gasteiger partial charge in [0.15, 0.2) is 0 Å². The summed E-state index contributed by atoms with van der Waals surface area (Å²) < 4.78 is 1.19. The normalized spacial score (nSPS) is 13.2. The Balaban J connectivity index is 1.47. The average Bonchev–Trinajstić information content (AvgIpc) is 3.22. The fraction of sp³-hybridized carbons (Fsp3) is 0.0476. The molecule has 5 rings (SSSR count). The van der Waals surface area contributed by atoms with Gasteiger partial charge in [-0.25, -0.2) is 20.2 Å². The number of fused-ring (bicyclic) bond motifs is 1. The first-order valence-electron chi connectivity index (χ1n) is 9.68. The molecule has 164 valence electrons. The van der Waals surface area contributed by atoms with Crippen LogP contribution >= 0.6 is 23.2 Å². The third-order valence-electron chi connectivity index (χ3n) is 5.01. The molecule has 33 heavy (non-hydrogen) atoms. The number of hydrogen-bond donors (Lipinski definition) is 4. The molecule has 1 aliphatic heterocycles. The highest BCUT2D eigenvalue weighted by atomic mass is 35.5. The minimum Gasteiger partial charge on any atom is -0.324 e. The Hall–Kier alpha value is -4.02. The number of aromatic amines is 1. The van der Waals surface area contributed by atoms with Crippen molar-refractivity contribution in [3.63, 3.8) is 0 Å². The van der Waals surface area contributed by atoms with Crippen molar-refractivity contribution >= 4 is 63.3 Å². The number of hydrazone groups is 1. The van der Waals surface area contributed by atoms with E-state index >= 15 is 0 Å². The highest BCUT2D eigenvalue weighted by Crippen LogP contribution is 2.26. The van der Waals surface area contributed by atoms with Gasteiger partial charge in [-0.1, -0.05) is 41.4 Å². The second-order valence-electron chi connectivity index (χ2n) is 7.15. The van der Waals surface area contributed by atoms with Gasteiger partial charge < -0.3 is 11.1 Å². The Labute approximate surface area is 196 Å². The van der Waals surface area contributed by atoms with Crippen LogP contribution in [0.2, 0.25) is 10.0 Å². The molecule has 0 aliphatic carbocycles. The number of amides is 1. The predicted molar refractivity (Wildman–Crippen MR) is 125 cm³/mol. The van der Waals surface area contributed by atoms with Crippen LogP contribution in [-0.2, 0) is 4.79 Å². The number of para-hydroxylation sites is 1. The first-order valence-corrected chi connectivity index (χ1v) is 10.4. The van der Waals surface area contributed by atoms with Crippen LogP contribution in [0.3, 0.4) is 0 Å². The van der Waals surface area contributed by atoms with Crippen LogP contribution in [0.1, 0.15) is 12.0 Å². The van der Waals surface area contributed by atoms with E-state index in [4.69, 9.17) is 28.9 Å². The molecule has 0 saturated heterocycles. The molecule has 12 heteroatoms. The van der Waals surface area contributed by atoms with E-state index in [1.807, 2.05) is 24.3 Å². The minimum atomic E-state index is -0.551. The Morgan fingerprint density at radius 1 is 1.06 bits per heavy atom. The summed E-state index contributed by atoms with van der Waals surface area (Å²) >= 11 is 12.5. The van der Waals surface area contributed by atoms with Crippen LogP contribution in [-0.4, -0.2) is 26.6 Å². The van der Waals surface area contributed by atoms with Crippen LogP contribution in [0, 0.1) is 0 Å². The van der Waals surface area contributed by atoms with Crippen LogP contribution in [0.4, 0.5) is 17.5 Å². The van der Waals surface area contributed by atoms with Gasteiger partial charge in [0, 0.05) is 5.69 Å². The molecule has 1 amide bonds. The van der Waals surface area contributed by atoms with Gasteiger partial charge in [0.25, 0.3) is 0 Å². The lowest BCUT2D eigenvalue weighted by molar-refractivity contribution is -0.598. The van der Waals surface area contributed by atoms with Gasteiger partial charge in [0.1, 0.15) is 11.1 Å². The second-order valence-corrected chi connectivity index (χ2v) is 7.96. The van der Waals surface area contributed by atoms with Crippen molar-refractivity contribution < 1.29 is 9.36 Å². The van der Waals surface area contributed by atoms with Crippen molar-refractivity contribution in [1.82, 2.24) is 20.4 Å². The zero-order chi connectivity index (χ0) is 23.1. The molecule has 0 fully saturated rings. The first kappa shape index (κ1) is 20.9. The number of carbonyl (C=O) groups is 1. The molecule has 0 bridgehead atoms. The molecule has 10 nitrogen and oxygen atoms in total. The van der Waals surface area contributed by atoms with Crippen molar-refractivity contribution in [2.75, 3.05) is 11.1 Å². The van der Waals surface area contributed by atoms with Gasteiger partial charge in [0.2, 0.25) is 23.3 Å². The van der Waals surface area contributed by atoms with E-state index in [1.54, 1.807) is 18.2 Å². The number of halogens is 2. The molecule has 0 atom stereocenters. The monoisotopic (exact) mass is 481 g/mol. The van der Waals surface area contributed by atoms with Gasteiger partial charge in [-0.05, 0) is 29.8 Å². The molecule has 0 unspecified atom stereocenters. The molecule has 0 saturated carbocycles. The highest BCUT2D eigenvalue weighted by Gasteiger charge is 2.22. The molecule has 1 aliphatic rings. The summed E-state index contributed by atoms with van der Waals surface area (Å²) in [4.78, 5) is 35.5. The maximum atomic E-state index is 12.8. The van der Waals surface area contributed by atoms with Gasteiger partial charge in [-0.3, -0.25) is 4.79 Å². The molecule has 0 spiro atoms. The summed E-state index contributed by atoms with van der Waals surface area (Å²) in [6.45, 7) is 0. The molecule has 0 radical (unpaired) electrons. The van der Waals surface area contributed by atoms with Crippen molar-refractivity contribution in [1.29, 1.82) is 0 Å². The fourth-order valence-corrected chi connectivity index (χ4v) is 4.01. The number of nitrogen functional groups attached to an aromatic ring is 1. The topological polar surface area (TPSA) is 142 Å². The van der Waals surface area contributed by atoms with Crippen LogP contribution in [0.25, 0.3) is 16.7 Å². The number of carbonyl (C=O) groups excluding carboxylic acids is 1. The molecule has 5 N–H and O–H groups in total. The number of nitrogens with one attached hydrogen (secondary N) is 3. The van der Waals surface area contributed by atoms with Gasteiger partial charge >= 0.3 is 5.69 Å². The van der Waals surface area contributed by atoms with Crippen LogP contribution in [0.15, 0.2) is 58.6 Å². The van der Waals surface area contributed by atoms with Gasteiger partial charge in [0.05, 0.1) is 28.4 Å².